The summed E-state index contributed by atoms with van der Waals surface area (Å²) in [6.45, 7) is 14.3. The molecule has 0 atom stereocenters. The van der Waals surface area contributed by atoms with Crippen LogP contribution in [0.1, 0.15) is 45.1 Å². The largest absolute Gasteiger partial charge is 0.296 e. The van der Waals surface area contributed by atoms with Gasteiger partial charge < -0.3 is 0 Å². The van der Waals surface area contributed by atoms with Gasteiger partial charge >= 0.3 is 0 Å². The van der Waals surface area contributed by atoms with Crippen molar-refractivity contribution >= 4 is 13.3 Å². The minimum absolute atomic E-state index is 0.756. The quantitative estimate of drug-likeness (QED) is 0.692. The SMILES string of the molecule is CC(C)CN(Cc1ccc([Si](C)(C)C)cc1)C1CCCC1. The Morgan fingerprint density at radius 3 is 2.10 bits per heavy atom. The van der Waals surface area contributed by atoms with Crippen molar-refractivity contribution in [3.8, 4) is 0 Å². The van der Waals surface area contributed by atoms with Crippen molar-refractivity contribution in [3.05, 3.63) is 29.8 Å². The maximum absolute atomic E-state index is 2.74. The van der Waals surface area contributed by atoms with Gasteiger partial charge in [0, 0.05) is 19.1 Å². The Morgan fingerprint density at radius 1 is 1.05 bits per heavy atom. The lowest BCUT2D eigenvalue weighted by atomic mass is 10.1. The summed E-state index contributed by atoms with van der Waals surface area (Å²) in [5.41, 5.74) is 1.49. The molecule has 0 aromatic heterocycles. The Labute approximate surface area is 132 Å². The highest BCUT2D eigenvalue weighted by Crippen LogP contribution is 2.25. The van der Waals surface area contributed by atoms with Gasteiger partial charge in [0.2, 0.25) is 0 Å². The predicted octanol–water partition coefficient (Wildman–Crippen LogP) is 4.63. The molecule has 2 heteroatoms. The second-order valence-corrected chi connectivity index (χ2v) is 13.3. The summed E-state index contributed by atoms with van der Waals surface area (Å²) in [5, 5.41) is 1.57. The van der Waals surface area contributed by atoms with Gasteiger partial charge in [-0.25, -0.2) is 0 Å². The molecule has 1 aliphatic carbocycles. The van der Waals surface area contributed by atoms with Crippen molar-refractivity contribution in [3.63, 3.8) is 0 Å². The molecule has 0 radical (unpaired) electrons. The van der Waals surface area contributed by atoms with Crippen LogP contribution < -0.4 is 5.19 Å². The van der Waals surface area contributed by atoms with Crippen LogP contribution in [0.15, 0.2) is 24.3 Å². The molecule has 1 saturated carbocycles. The monoisotopic (exact) mass is 303 g/mol. The van der Waals surface area contributed by atoms with Crippen LogP contribution in [-0.2, 0) is 6.54 Å². The molecule has 0 amide bonds. The van der Waals surface area contributed by atoms with Crippen LogP contribution in [0.2, 0.25) is 19.6 Å². The van der Waals surface area contributed by atoms with Gasteiger partial charge in [0.25, 0.3) is 0 Å². The zero-order valence-electron chi connectivity index (χ0n) is 14.7. The highest BCUT2D eigenvalue weighted by Gasteiger charge is 2.23. The van der Waals surface area contributed by atoms with Gasteiger partial charge in [-0.15, -0.1) is 0 Å². The Bertz CT molecular complexity index is 424. The van der Waals surface area contributed by atoms with Crippen LogP contribution in [-0.4, -0.2) is 25.6 Å². The van der Waals surface area contributed by atoms with E-state index in [2.05, 4.69) is 62.7 Å². The third-order valence-corrected chi connectivity index (χ3v) is 6.71. The van der Waals surface area contributed by atoms with Crippen LogP contribution in [0.5, 0.6) is 0 Å². The molecule has 0 spiro atoms. The third kappa shape index (κ3) is 4.96. The van der Waals surface area contributed by atoms with Crippen molar-refractivity contribution in [2.75, 3.05) is 6.54 Å². The fourth-order valence-electron chi connectivity index (χ4n) is 3.43. The lowest BCUT2D eigenvalue weighted by molar-refractivity contribution is 0.168. The van der Waals surface area contributed by atoms with Gasteiger partial charge in [-0.05, 0) is 24.3 Å². The average Bonchev–Trinajstić information content (AvgIpc) is 2.90. The molecule has 0 bridgehead atoms. The summed E-state index contributed by atoms with van der Waals surface area (Å²) >= 11 is 0. The molecule has 118 valence electrons. The molecule has 0 heterocycles. The molecular weight excluding hydrogens is 270 g/mol. The first-order chi connectivity index (χ1) is 9.86. The van der Waals surface area contributed by atoms with Gasteiger partial charge in [-0.3, -0.25) is 4.90 Å². The topological polar surface area (TPSA) is 3.24 Å². The highest BCUT2D eigenvalue weighted by molar-refractivity contribution is 6.88. The van der Waals surface area contributed by atoms with E-state index in [0.717, 1.165) is 18.5 Å². The van der Waals surface area contributed by atoms with Crippen LogP contribution in [0.4, 0.5) is 0 Å². The van der Waals surface area contributed by atoms with Crippen LogP contribution >= 0.6 is 0 Å². The molecule has 0 saturated heterocycles. The summed E-state index contributed by atoms with van der Waals surface area (Å²) in [7, 11) is -1.16. The van der Waals surface area contributed by atoms with E-state index in [1.54, 1.807) is 5.19 Å². The van der Waals surface area contributed by atoms with E-state index in [-0.39, 0.29) is 0 Å². The maximum Gasteiger partial charge on any atom is 0.0775 e. The molecule has 1 aromatic rings. The standard InChI is InChI=1S/C19H33NSi/c1-16(2)14-20(18-8-6-7-9-18)15-17-10-12-19(13-11-17)21(3,4)5/h10-13,16,18H,6-9,14-15H2,1-5H3. The lowest BCUT2D eigenvalue weighted by Gasteiger charge is -2.30. The second kappa shape index (κ2) is 7.10. The van der Waals surface area contributed by atoms with E-state index in [1.807, 2.05) is 0 Å². The average molecular weight is 304 g/mol. The predicted molar refractivity (Wildman–Crippen MR) is 96.9 cm³/mol. The Morgan fingerprint density at radius 2 is 1.62 bits per heavy atom. The first kappa shape index (κ1) is 16.8. The fourth-order valence-corrected chi connectivity index (χ4v) is 4.59. The fraction of sp³-hybridized carbons (Fsp3) is 0.684. The van der Waals surface area contributed by atoms with Crippen molar-refractivity contribution in [2.24, 2.45) is 5.92 Å². The summed E-state index contributed by atoms with van der Waals surface area (Å²) in [6.07, 6.45) is 5.65. The molecule has 1 aromatic carbocycles. The zero-order valence-corrected chi connectivity index (χ0v) is 15.7. The summed E-state index contributed by atoms with van der Waals surface area (Å²) in [4.78, 5) is 2.74. The van der Waals surface area contributed by atoms with E-state index in [0.29, 0.717) is 0 Å². The minimum atomic E-state index is -1.16. The van der Waals surface area contributed by atoms with Gasteiger partial charge in [0.1, 0.15) is 0 Å². The molecule has 1 fully saturated rings. The van der Waals surface area contributed by atoms with Crippen molar-refractivity contribution in [1.82, 2.24) is 4.90 Å². The number of hydrogen-bond donors (Lipinski definition) is 0. The van der Waals surface area contributed by atoms with Gasteiger partial charge in [-0.2, -0.15) is 0 Å². The number of benzene rings is 1. The van der Waals surface area contributed by atoms with E-state index in [9.17, 15) is 0 Å². The van der Waals surface area contributed by atoms with E-state index in [1.165, 1.54) is 37.8 Å². The normalized spacial score (nSPS) is 17.1. The van der Waals surface area contributed by atoms with Crippen molar-refractivity contribution in [2.45, 2.75) is 71.8 Å². The van der Waals surface area contributed by atoms with Gasteiger partial charge in [-0.1, -0.05) is 75.8 Å². The summed E-state index contributed by atoms with van der Waals surface area (Å²) in [6, 6.07) is 10.3. The second-order valence-electron chi connectivity index (χ2n) is 8.21. The maximum atomic E-state index is 2.74. The molecule has 21 heavy (non-hydrogen) atoms. The Balaban J connectivity index is 2.05. The Kier molecular flexibility index (Phi) is 5.67. The number of hydrogen-bond acceptors (Lipinski definition) is 1. The molecule has 1 aliphatic rings. The molecule has 1 nitrogen and oxygen atoms in total. The van der Waals surface area contributed by atoms with E-state index >= 15 is 0 Å². The number of nitrogens with zero attached hydrogens (tertiary/aromatic N) is 1. The van der Waals surface area contributed by atoms with E-state index in [4.69, 9.17) is 0 Å². The highest BCUT2D eigenvalue weighted by atomic mass is 28.3. The van der Waals surface area contributed by atoms with Crippen molar-refractivity contribution < 1.29 is 0 Å². The van der Waals surface area contributed by atoms with Crippen LogP contribution in [0.25, 0.3) is 0 Å². The van der Waals surface area contributed by atoms with Crippen LogP contribution in [0, 0.1) is 5.92 Å². The summed E-state index contributed by atoms with van der Waals surface area (Å²) in [5.74, 6) is 0.756. The lowest BCUT2D eigenvalue weighted by Crippen LogP contribution is -2.38. The summed E-state index contributed by atoms with van der Waals surface area (Å²) < 4.78 is 0. The van der Waals surface area contributed by atoms with Crippen molar-refractivity contribution in [1.29, 1.82) is 0 Å². The molecule has 2 rings (SSSR count). The van der Waals surface area contributed by atoms with Gasteiger partial charge in [0.15, 0.2) is 0 Å². The van der Waals surface area contributed by atoms with E-state index < -0.39 is 8.07 Å². The smallest absolute Gasteiger partial charge is 0.0775 e. The molecular formula is C19H33NSi. The first-order valence-corrected chi connectivity index (χ1v) is 12.2. The molecule has 0 unspecified atom stereocenters. The number of rotatable bonds is 6. The van der Waals surface area contributed by atoms with Crippen LogP contribution in [0.3, 0.4) is 0 Å². The zero-order chi connectivity index (χ0) is 15.5. The first-order valence-electron chi connectivity index (χ1n) is 8.70. The van der Waals surface area contributed by atoms with Gasteiger partial charge in [0.05, 0.1) is 8.07 Å². The Hall–Kier alpha value is -0.603. The third-order valence-electron chi connectivity index (χ3n) is 4.65. The minimum Gasteiger partial charge on any atom is -0.296 e. The molecule has 0 N–H and O–H groups in total. The molecule has 0 aliphatic heterocycles.